The highest BCUT2D eigenvalue weighted by atomic mass is 16.6. The lowest BCUT2D eigenvalue weighted by molar-refractivity contribution is -0.384. The maximum Gasteiger partial charge on any atom is 0.292 e. The van der Waals surface area contributed by atoms with Crippen molar-refractivity contribution in [3.8, 4) is 0 Å². The Morgan fingerprint density at radius 1 is 1.29 bits per heavy atom. The SMILES string of the molecule is CNc1ccc(C2CCCCC2)cc1[N+](=O)[O-]. The van der Waals surface area contributed by atoms with Gasteiger partial charge in [-0.25, -0.2) is 0 Å². The Kier molecular flexibility index (Phi) is 3.61. The zero-order valence-corrected chi connectivity index (χ0v) is 10.1. The molecule has 92 valence electrons. The molecule has 17 heavy (non-hydrogen) atoms. The molecule has 0 spiro atoms. The summed E-state index contributed by atoms with van der Waals surface area (Å²) in [5.74, 6) is 0.508. The molecule has 0 unspecified atom stereocenters. The third-order valence-electron chi connectivity index (χ3n) is 3.56. The molecule has 4 nitrogen and oxygen atoms in total. The lowest BCUT2D eigenvalue weighted by Gasteiger charge is -2.22. The first-order chi connectivity index (χ1) is 8.22. The smallest absolute Gasteiger partial charge is 0.292 e. The van der Waals surface area contributed by atoms with Crippen molar-refractivity contribution in [3.05, 3.63) is 33.9 Å². The number of nitro benzene ring substituents is 1. The van der Waals surface area contributed by atoms with E-state index in [1.54, 1.807) is 13.1 Å². The van der Waals surface area contributed by atoms with E-state index in [9.17, 15) is 10.1 Å². The van der Waals surface area contributed by atoms with Crippen molar-refractivity contribution in [2.45, 2.75) is 38.0 Å². The van der Waals surface area contributed by atoms with Crippen LogP contribution in [0.1, 0.15) is 43.6 Å². The minimum atomic E-state index is -0.307. The quantitative estimate of drug-likeness (QED) is 0.641. The third kappa shape index (κ3) is 2.57. The summed E-state index contributed by atoms with van der Waals surface area (Å²) in [6.07, 6.45) is 6.11. The summed E-state index contributed by atoms with van der Waals surface area (Å²) in [7, 11) is 1.71. The van der Waals surface area contributed by atoms with Gasteiger partial charge in [0.25, 0.3) is 5.69 Å². The van der Waals surface area contributed by atoms with Crippen LogP contribution in [-0.4, -0.2) is 12.0 Å². The lowest BCUT2D eigenvalue weighted by Crippen LogP contribution is -2.06. The zero-order valence-electron chi connectivity index (χ0n) is 10.1. The standard InChI is InChI=1S/C13H18N2O2/c1-14-12-8-7-11(9-13(12)15(16)17)10-5-3-2-4-6-10/h7-10,14H,2-6H2,1H3. The molecule has 1 aromatic rings. The van der Waals surface area contributed by atoms with E-state index in [4.69, 9.17) is 0 Å². The van der Waals surface area contributed by atoms with Gasteiger partial charge in [0.1, 0.15) is 5.69 Å². The van der Waals surface area contributed by atoms with Crippen molar-refractivity contribution in [3.63, 3.8) is 0 Å². The van der Waals surface area contributed by atoms with Crippen molar-refractivity contribution < 1.29 is 4.92 Å². The largest absolute Gasteiger partial charge is 0.383 e. The second-order valence-electron chi connectivity index (χ2n) is 4.62. The fourth-order valence-corrected chi connectivity index (χ4v) is 2.60. The maximum atomic E-state index is 11.0. The van der Waals surface area contributed by atoms with Crippen molar-refractivity contribution in [2.75, 3.05) is 12.4 Å². The van der Waals surface area contributed by atoms with Gasteiger partial charge < -0.3 is 5.32 Å². The highest BCUT2D eigenvalue weighted by Crippen LogP contribution is 2.36. The first-order valence-electron chi connectivity index (χ1n) is 6.18. The summed E-state index contributed by atoms with van der Waals surface area (Å²) < 4.78 is 0. The van der Waals surface area contributed by atoms with E-state index < -0.39 is 0 Å². The van der Waals surface area contributed by atoms with E-state index >= 15 is 0 Å². The number of rotatable bonds is 3. The summed E-state index contributed by atoms with van der Waals surface area (Å²) in [5, 5.41) is 13.8. The monoisotopic (exact) mass is 234 g/mol. The van der Waals surface area contributed by atoms with Crippen molar-refractivity contribution in [1.82, 2.24) is 0 Å². The molecule has 0 aliphatic heterocycles. The molecule has 1 aliphatic carbocycles. The van der Waals surface area contributed by atoms with Gasteiger partial charge in [-0.05, 0) is 30.4 Å². The summed E-state index contributed by atoms with van der Waals surface area (Å²) in [6.45, 7) is 0. The summed E-state index contributed by atoms with van der Waals surface area (Å²) in [5.41, 5.74) is 1.90. The number of hydrogen-bond acceptors (Lipinski definition) is 3. The normalized spacial score (nSPS) is 16.8. The number of nitrogens with one attached hydrogen (secondary N) is 1. The molecule has 0 radical (unpaired) electrons. The fourth-order valence-electron chi connectivity index (χ4n) is 2.60. The number of nitro groups is 1. The van der Waals surface area contributed by atoms with Gasteiger partial charge in [-0.3, -0.25) is 10.1 Å². The molecule has 0 heterocycles. The second-order valence-corrected chi connectivity index (χ2v) is 4.62. The highest BCUT2D eigenvalue weighted by Gasteiger charge is 2.20. The predicted octanol–water partition coefficient (Wildman–Crippen LogP) is 3.68. The molecule has 1 N–H and O–H groups in total. The maximum absolute atomic E-state index is 11.0. The Balaban J connectivity index is 2.29. The molecule has 0 bridgehead atoms. The molecular weight excluding hydrogens is 216 g/mol. The van der Waals surface area contributed by atoms with Crippen molar-refractivity contribution >= 4 is 11.4 Å². The third-order valence-corrected chi connectivity index (χ3v) is 3.56. The Bertz CT molecular complexity index is 412. The van der Waals surface area contributed by atoms with Crippen LogP contribution in [0.25, 0.3) is 0 Å². The van der Waals surface area contributed by atoms with Gasteiger partial charge in [0.05, 0.1) is 4.92 Å². The van der Waals surface area contributed by atoms with E-state index in [-0.39, 0.29) is 10.6 Å². The second kappa shape index (κ2) is 5.17. The van der Waals surface area contributed by atoms with Gasteiger partial charge in [0.2, 0.25) is 0 Å². The minimum Gasteiger partial charge on any atom is -0.383 e. The van der Waals surface area contributed by atoms with E-state index in [0.717, 1.165) is 18.4 Å². The van der Waals surface area contributed by atoms with Crippen LogP contribution in [-0.2, 0) is 0 Å². The molecular formula is C13H18N2O2. The molecule has 0 saturated heterocycles. The molecule has 1 saturated carbocycles. The van der Waals surface area contributed by atoms with E-state index in [1.807, 2.05) is 12.1 Å². The van der Waals surface area contributed by atoms with E-state index in [1.165, 1.54) is 19.3 Å². The average Bonchev–Trinajstić information content (AvgIpc) is 2.39. The van der Waals surface area contributed by atoms with Crippen LogP contribution in [0.15, 0.2) is 18.2 Å². The van der Waals surface area contributed by atoms with Crippen molar-refractivity contribution in [2.24, 2.45) is 0 Å². The van der Waals surface area contributed by atoms with Crippen LogP contribution in [0.2, 0.25) is 0 Å². The van der Waals surface area contributed by atoms with Gasteiger partial charge in [-0.15, -0.1) is 0 Å². The highest BCUT2D eigenvalue weighted by molar-refractivity contribution is 5.62. The molecule has 2 rings (SSSR count). The molecule has 0 amide bonds. The van der Waals surface area contributed by atoms with Crippen LogP contribution >= 0.6 is 0 Å². The summed E-state index contributed by atoms with van der Waals surface area (Å²) in [6, 6.07) is 5.58. The first kappa shape index (κ1) is 11.9. The van der Waals surface area contributed by atoms with Gasteiger partial charge in [0, 0.05) is 13.1 Å². The molecule has 0 atom stereocenters. The average molecular weight is 234 g/mol. The number of anilines is 1. The topological polar surface area (TPSA) is 55.2 Å². The Hall–Kier alpha value is -1.58. The van der Waals surface area contributed by atoms with Gasteiger partial charge in [-0.1, -0.05) is 25.3 Å². The minimum absolute atomic E-state index is 0.190. The zero-order chi connectivity index (χ0) is 12.3. The lowest BCUT2D eigenvalue weighted by atomic mass is 9.84. The Labute approximate surface area is 101 Å². The molecule has 1 aromatic carbocycles. The van der Waals surface area contributed by atoms with Crippen LogP contribution in [0.4, 0.5) is 11.4 Å². The van der Waals surface area contributed by atoms with Gasteiger partial charge >= 0.3 is 0 Å². The first-order valence-corrected chi connectivity index (χ1v) is 6.18. The predicted molar refractivity (Wildman–Crippen MR) is 68.5 cm³/mol. The number of benzene rings is 1. The van der Waals surface area contributed by atoms with Crippen LogP contribution in [0.5, 0.6) is 0 Å². The van der Waals surface area contributed by atoms with Crippen molar-refractivity contribution in [1.29, 1.82) is 0 Å². The Morgan fingerprint density at radius 3 is 2.59 bits per heavy atom. The van der Waals surface area contributed by atoms with Crippen LogP contribution < -0.4 is 5.32 Å². The molecule has 1 aliphatic rings. The van der Waals surface area contributed by atoms with E-state index in [0.29, 0.717) is 11.6 Å². The molecule has 0 aromatic heterocycles. The van der Waals surface area contributed by atoms with Crippen LogP contribution in [0, 0.1) is 10.1 Å². The van der Waals surface area contributed by atoms with Gasteiger partial charge in [0.15, 0.2) is 0 Å². The summed E-state index contributed by atoms with van der Waals surface area (Å²) >= 11 is 0. The molecule has 1 fully saturated rings. The number of hydrogen-bond donors (Lipinski definition) is 1. The van der Waals surface area contributed by atoms with Crippen LogP contribution in [0.3, 0.4) is 0 Å². The van der Waals surface area contributed by atoms with E-state index in [2.05, 4.69) is 5.32 Å². The van der Waals surface area contributed by atoms with Gasteiger partial charge in [-0.2, -0.15) is 0 Å². The fraction of sp³-hybridized carbons (Fsp3) is 0.538. The molecule has 4 heteroatoms. The summed E-state index contributed by atoms with van der Waals surface area (Å²) in [4.78, 5) is 10.7. The number of nitrogens with zero attached hydrogens (tertiary/aromatic N) is 1. The Morgan fingerprint density at radius 2 is 2.00 bits per heavy atom.